The van der Waals surface area contributed by atoms with E-state index in [-0.39, 0.29) is 12.5 Å². The van der Waals surface area contributed by atoms with Crippen LogP contribution in [0.4, 0.5) is 16.2 Å². The van der Waals surface area contributed by atoms with Gasteiger partial charge in [0.1, 0.15) is 6.61 Å². The number of anilines is 2. The predicted octanol–water partition coefficient (Wildman–Crippen LogP) is 1.15. The summed E-state index contributed by atoms with van der Waals surface area (Å²) in [6.07, 6.45) is 0. The Morgan fingerprint density at radius 3 is 2.53 bits per heavy atom. The molecule has 17 heavy (non-hydrogen) atoms. The molecule has 6 heteroatoms. The molecule has 3 amide bonds. The molecular formula is C11H15N3O3. The van der Waals surface area contributed by atoms with Crippen LogP contribution in [0.5, 0.6) is 0 Å². The zero-order valence-electron chi connectivity index (χ0n) is 9.53. The fourth-order valence-electron chi connectivity index (χ4n) is 1.21. The number of benzene rings is 1. The first kappa shape index (κ1) is 13.0. The van der Waals surface area contributed by atoms with Crippen LogP contribution in [0, 0.1) is 0 Å². The van der Waals surface area contributed by atoms with Gasteiger partial charge in [-0.3, -0.25) is 4.79 Å². The lowest BCUT2D eigenvalue weighted by atomic mass is 10.2. The van der Waals surface area contributed by atoms with E-state index in [2.05, 4.69) is 10.6 Å². The number of hydrogen-bond donors (Lipinski definition) is 3. The average molecular weight is 237 g/mol. The molecule has 0 spiro atoms. The maximum atomic E-state index is 11.4. The predicted molar refractivity (Wildman–Crippen MR) is 64.8 cm³/mol. The second kappa shape index (κ2) is 6.49. The molecule has 0 bridgehead atoms. The van der Waals surface area contributed by atoms with Crippen molar-refractivity contribution in [3.63, 3.8) is 0 Å². The van der Waals surface area contributed by atoms with Gasteiger partial charge in [-0.25, -0.2) is 4.79 Å². The van der Waals surface area contributed by atoms with Crippen LogP contribution in [0.25, 0.3) is 0 Å². The van der Waals surface area contributed by atoms with E-state index >= 15 is 0 Å². The minimum atomic E-state index is -0.650. The van der Waals surface area contributed by atoms with E-state index in [1.807, 2.05) is 6.92 Å². The monoisotopic (exact) mass is 237 g/mol. The molecular weight excluding hydrogens is 222 g/mol. The number of carbonyl (C=O) groups excluding carboxylic acids is 2. The molecule has 92 valence electrons. The number of primary amides is 1. The number of hydrogen-bond acceptors (Lipinski definition) is 3. The molecule has 1 aromatic rings. The molecule has 0 aliphatic heterocycles. The zero-order valence-corrected chi connectivity index (χ0v) is 9.53. The van der Waals surface area contributed by atoms with Crippen molar-refractivity contribution in [3.8, 4) is 0 Å². The molecule has 0 atom stereocenters. The molecule has 1 aromatic carbocycles. The van der Waals surface area contributed by atoms with Crippen molar-refractivity contribution in [1.29, 1.82) is 0 Å². The molecule has 0 aliphatic rings. The molecule has 4 N–H and O–H groups in total. The molecule has 0 aromatic heterocycles. The quantitative estimate of drug-likeness (QED) is 0.717. The van der Waals surface area contributed by atoms with Gasteiger partial charge in [0.15, 0.2) is 0 Å². The van der Waals surface area contributed by atoms with E-state index in [0.717, 1.165) is 0 Å². The molecule has 6 nitrogen and oxygen atoms in total. The highest BCUT2D eigenvalue weighted by Crippen LogP contribution is 2.14. The summed E-state index contributed by atoms with van der Waals surface area (Å²) in [6, 6.07) is 6.03. The molecule has 0 saturated heterocycles. The van der Waals surface area contributed by atoms with Gasteiger partial charge in [0.25, 0.3) is 0 Å². The van der Waals surface area contributed by atoms with Crippen LogP contribution >= 0.6 is 0 Å². The summed E-state index contributed by atoms with van der Waals surface area (Å²) in [5.74, 6) is -0.247. The van der Waals surface area contributed by atoms with E-state index < -0.39 is 6.03 Å². The summed E-state index contributed by atoms with van der Waals surface area (Å²) in [6.45, 7) is 2.30. The summed E-state index contributed by atoms with van der Waals surface area (Å²) in [5.41, 5.74) is 6.07. The van der Waals surface area contributed by atoms with E-state index in [4.69, 9.17) is 10.5 Å². The first-order chi connectivity index (χ1) is 8.11. The first-order valence-electron chi connectivity index (χ1n) is 5.16. The van der Waals surface area contributed by atoms with Gasteiger partial charge in [0, 0.05) is 18.0 Å². The number of ether oxygens (including phenoxy) is 1. The Morgan fingerprint density at radius 1 is 1.29 bits per heavy atom. The number of nitrogens with two attached hydrogens (primary N) is 1. The first-order valence-corrected chi connectivity index (χ1v) is 5.16. The molecule has 0 fully saturated rings. The van der Waals surface area contributed by atoms with Crippen molar-refractivity contribution in [2.45, 2.75) is 6.92 Å². The highest BCUT2D eigenvalue weighted by Gasteiger charge is 2.03. The minimum Gasteiger partial charge on any atom is -0.372 e. The Hall–Kier alpha value is -2.08. The standard InChI is InChI=1S/C11H15N3O3/c1-2-17-7-10(15)13-8-4-3-5-9(6-8)14-11(12)16/h3-6H,2,7H2,1H3,(H,13,15)(H3,12,14,16). The van der Waals surface area contributed by atoms with Crippen LogP contribution in [0.1, 0.15) is 6.92 Å². The molecule has 0 saturated carbocycles. The summed E-state index contributed by atoms with van der Waals surface area (Å²) < 4.78 is 4.96. The number of amides is 3. The second-order valence-electron chi connectivity index (χ2n) is 3.26. The van der Waals surface area contributed by atoms with Gasteiger partial charge < -0.3 is 21.1 Å². The molecule has 0 aliphatic carbocycles. The number of urea groups is 1. The Bertz CT molecular complexity index is 407. The van der Waals surface area contributed by atoms with Gasteiger partial charge in [-0.2, -0.15) is 0 Å². The second-order valence-corrected chi connectivity index (χ2v) is 3.26. The van der Waals surface area contributed by atoms with E-state index in [1.54, 1.807) is 24.3 Å². The summed E-state index contributed by atoms with van der Waals surface area (Å²) in [4.78, 5) is 22.0. The van der Waals surface area contributed by atoms with Gasteiger partial charge in [0.2, 0.25) is 5.91 Å². The number of carbonyl (C=O) groups is 2. The fraction of sp³-hybridized carbons (Fsp3) is 0.273. The van der Waals surface area contributed by atoms with Gasteiger partial charge in [-0.15, -0.1) is 0 Å². The largest absolute Gasteiger partial charge is 0.372 e. The third kappa shape index (κ3) is 4.98. The average Bonchev–Trinajstić information content (AvgIpc) is 2.26. The van der Waals surface area contributed by atoms with Crippen molar-refractivity contribution < 1.29 is 14.3 Å². The highest BCUT2D eigenvalue weighted by atomic mass is 16.5. The van der Waals surface area contributed by atoms with E-state index in [1.165, 1.54) is 0 Å². The van der Waals surface area contributed by atoms with Crippen LogP contribution in [0.15, 0.2) is 24.3 Å². The molecule has 1 rings (SSSR count). The third-order valence-electron chi connectivity index (χ3n) is 1.85. The van der Waals surface area contributed by atoms with Crippen LogP contribution in [0.2, 0.25) is 0 Å². The van der Waals surface area contributed by atoms with Gasteiger partial charge in [-0.05, 0) is 25.1 Å². The highest BCUT2D eigenvalue weighted by molar-refractivity contribution is 5.93. The zero-order chi connectivity index (χ0) is 12.7. The maximum Gasteiger partial charge on any atom is 0.316 e. The molecule has 0 heterocycles. The van der Waals surface area contributed by atoms with Crippen molar-refractivity contribution in [3.05, 3.63) is 24.3 Å². The number of nitrogens with one attached hydrogen (secondary N) is 2. The lowest BCUT2D eigenvalue weighted by Gasteiger charge is -2.07. The minimum absolute atomic E-state index is 0.00394. The van der Waals surface area contributed by atoms with E-state index in [9.17, 15) is 9.59 Å². The van der Waals surface area contributed by atoms with Crippen molar-refractivity contribution in [1.82, 2.24) is 0 Å². The summed E-state index contributed by atoms with van der Waals surface area (Å²) in [5, 5.41) is 5.05. The Kier molecular flexibility index (Phi) is 4.96. The lowest BCUT2D eigenvalue weighted by molar-refractivity contribution is -0.120. The molecule has 0 radical (unpaired) electrons. The summed E-state index contributed by atoms with van der Waals surface area (Å²) in [7, 11) is 0. The van der Waals surface area contributed by atoms with Crippen molar-refractivity contribution >= 4 is 23.3 Å². The van der Waals surface area contributed by atoms with Crippen LogP contribution in [-0.2, 0) is 9.53 Å². The Morgan fingerprint density at radius 2 is 1.94 bits per heavy atom. The maximum absolute atomic E-state index is 11.4. The van der Waals surface area contributed by atoms with Gasteiger partial charge in [0.05, 0.1) is 0 Å². The Labute approximate surface area is 99.1 Å². The fourth-order valence-corrected chi connectivity index (χ4v) is 1.21. The number of rotatable bonds is 5. The van der Waals surface area contributed by atoms with Crippen molar-refractivity contribution in [2.24, 2.45) is 5.73 Å². The SMILES string of the molecule is CCOCC(=O)Nc1cccc(NC(N)=O)c1. The van der Waals surface area contributed by atoms with Crippen LogP contribution in [-0.4, -0.2) is 25.2 Å². The van der Waals surface area contributed by atoms with Crippen LogP contribution in [0.3, 0.4) is 0 Å². The lowest BCUT2D eigenvalue weighted by Crippen LogP contribution is -2.20. The third-order valence-corrected chi connectivity index (χ3v) is 1.85. The van der Waals surface area contributed by atoms with Crippen molar-refractivity contribution in [2.75, 3.05) is 23.8 Å². The van der Waals surface area contributed by atoms with Crippen LogP contribution < -0.4 is 16.4 Å². The Balaban J connectivity index is 2.59. The van der Waals surface area contributed by atoms with Gasteiger partial charge in [-0.1, -0.05) is 6.07 Å². The smallest absolute Gasteiger partial charge is 0.316 e. The topological polar surface area (TPSA) is 93.4 Å². The van der Waals surface area contributed by atoms with Gasteiger partial charge >= 0.3 is 6.03 Å². The normalized spacial score (nSPS) is 9.71. The summed E-state index contributed by atoms with van der Waals surface area (Å²) >= 11 is 0. The van der Waals surface area contributed by atoms with E-state index in [0.29, 0.717) is 18.0 Å². The molecule has 0 unspecified atom stereocenters.